The van der Waals surface area contributed by atoms with Crippen molar-refractivity contribution in [1.29, 1.82) is 0 Å². The van der Waals surface area contributed by atoms with Gasteiger partial charge in [-0.2, -0.15) is 0 Å². The summed E-state index contributed by atoms with van der Waals surface area (Å²) in [6.45, 7) is 0.469. The summed E-state index contributed by atoms with van der Waals surface area (Å²) >= 11 is 1.55. The molecule has 0 spiro atoms. The Balaban J connectivity index is 1.46. The van der Waals surface area contributed by atoms with Gasteiger partial charge >= 0.3 is 0 Å². The second-order valence-corrected chi connectivity index (χ2v) is 7.70. The number of carbonyl (C=O) groups excluding carboxylic acids is 2. The van der Waals surface area contributed by atoms with Gasteiger partial charge in [0, 0.05) is 22.0 Å². The number of aromatic amines is 1. The van der Waals surface area contributed by atoms with Crippen LogP contribution in [0.15, 0.2) is 75.6 Å². The van der Waals surface area contributed by atoms with Crippen LogP contribution in [0.1, 0.15) is 21.0 Å². The Morgan fingerprint density at radius 3 is 2.70 bits per heavy atom. The van der Waals surface area contributed by atoms with Gasteiger partial charge in [0.25, 0.3) is 5.91 Å². The van der Waals surface area contributed by atoms with E-state index in [1.807, 2.05) is 17.5 Å². The minimum absolute atomic E-state index is 0.0302. The van der Waals surface area contributed by atoms with E-state index in [4.69, 9.17) is 4.42 Å². The molecule has 3 aromatic heterocycles. The molecule has 4 rings (SSSR count). The molecule has 0 saturated heterocycles. The highest BCUT2D eigenvalue weighted by Gasteiger charge is 2.19. The van der Waals surface area contributed by atoms with E-state index in [1.165, 1.54) is 6.20 Å². The third-order valence-electron chi connectivity index (χ3n) is 4.64. The first kappa shape index (κ1) is 19.7. The molecule has 0 saturated carbocycles. The molecule has 3 heterocycles. The molecule has 0 radical (unpaired) electrons. The molecule has 7 nitrogen and oxygen atoms in total. The molecular formula is C22H19N3O4S. The lowest BCUT2D eigenvalue weighted by Gasteiger charge is -2.21. The second kappa shape index (κ2) is 8.79. The lowest BCUT2D eigenvalue weighted by atomic mass is 10.1. The van der Waals surface area contributed by atoms with Crippen LogP contribution in [0.3, 0.4) is 0 Å². The zero-order valence-corrected chi connectivity index (χ0v) is 16.8. The normalized spacial score (nSPS) is 10.8. The fourth-order valence-electron chi connectivity index (χ4n) is 3.11. The summed E-state index contributed by atoms with van der Waals surface area (Å²) in [6.07, 6.45) is 2.92. The second-order valence-electron chi connectivity index (χ2n) is 6.67. The maximum Gasteiger partial charge on any atom is 0.257 e. The number of rotatable bonds is 7. The maximum atomic E-state index is 12.8. The number of hydrogen-bond acceptors (Lipinski definition) is 5. The van der Waals surface area contributed by atoms with Crippen molar-refractivity contribution in [2.75, 3.05) is 6.54 Å². The molecule has 0 atom stereocenters. The fourth-order valence-corrected chi connectivity index (χ4v) is 3.83. The average molecular weight is 421 g/mol. The van der Waals surface area contributed by atoms with Crippen molar-refractivity contribution < 1.29 is 14.0 Å². The summed E-state index contributed by atoms with van der Waals surface area (Å²) in [7, 11) is 0. The minimum atomic E-state index is -0.593. The number of benzene rings is 1. The van der Waals surface area contributed by atoms with Crippen molar-refractivity contribution in [2.24, 2.45) is 0 Å². The number of nitrogens with one attached hydrogen (secondary N) is 2. The maximum absolute atomic E-state index is 12.8. The number of para-hydroxylation sites is 1. The van der Waals surface area contributed by atoms with Gasteiger partial charge in [0.15, 0.2) is 0 Å². The van der Waals surface area contributed by atoms with Crippen molar-refractivity contribution in [3.05, 3.63) is 92.8 Å². The van der Waals surface area contributed by atoms with E-state index in [9.17, 15) is 14.4 Å². The van der Waals surface area contributed by atoms with Crippen LogP contribution in [0.5, 0.6) is 0 Å². The van der Waals surface area contributed by atoms with Crippen LogP contribution in [0.4, 0.5) is 0 Å². The number of nitrogens with zero attached hydrogens (tertiary/aromatic N) is 1. The number of hydrogen-bond donors (Lipinski definition) is 2. The van der Waals surface area contributed by atoms with Gasteiger partial charge in [0.1, 0.15) is 11.3 Å². The largest absolute Gasteiger partial charge is 0.467 e. The number of carbonyl (C=O) groups is 2. The Morgan fingerprint density at radius 1 is 1.07 bits per heavy atom. The van der Waals surface area contributed by atoms with Crippen molar-refractivity contribution in [3.8, 4) is 0 Å². The van der Waals surface area contributed by atoms with Crippen molar-refractivity contribution in [2.45, 2.75) is 13.1 Å². The SMILES string of the molecule is O=C(NCC(=O)N(Cc1ccco1)Cc1cccs1)c1c[nH]c2ccccc2c1=O. The monoisotopic (exact) mass is 421 g/mol. The first-order chi connectivity index (χ1) is 14.6. The molecular weight excluding hydrogens is 402 g/mol. The predicted octanol–water partition coefficient (Wildman–Crippen LogP) is 3.14. The molecule has 152 valence electrons. The number of furan rings is 1. The quantitative estimate of drug-likeness (QED) is 0.479. The van der Waals surface area contributed by atoms with Gasteiger partial charge in [0.2, 0.25) is 11.3 Å². The van der Waals surface area contributed by atoms with Crippen molar-refractivity contribution in [3.63, 3.8) is 0 Å². The van der Waals surface area contributed by atoms with E-state index in [0.29, 0.717) is 23.2 Å². The van der Waals surface area contributed by atoms with Crippen LogP contribution < -0.4 is 10.7 Å². The minimum Gasteiger partial charge on any atom is -0.467 e. The first-order valence-corrected chi connectivity index (χ1v) is 10.2. The van der Waals surface area contributed by atoms with Gasteiger partial charge in [-0.1, -0.05) is 18.2 Å². The van der Waals surface area contributed by atoms with E-state index < -0.39 is 5.91 Å². The molecule has 4 aromatic rings. The number of aromatic nitrogens is 1. The molecule has 8 heteroatoms. The number of H-pyrrole nitrogens is 1. The molecule has 30 heavy (non-hydrogen) atoms. The van der Waals surface area contributed by atoms with Gasteiger partial charge in [-0.15, -0.1) is 11.3 Å². The Labute approximate surface area is 176 Å². The lowest BCUT2D eigenvalue weighted by Crippen LogP contribution is -2.40. The van der Waals surface area contributed by atoms with E-state index in [2.05, 4.69) is 10.3 Å². The van der Waals surface area contributed by atoms with Crippen molar-refractivity contribution >= 4 is 34.1 Å². The molecule has 0 unspecified atom stereocenters. The van der Waals surface area contributed by atoms with Crippen LogP contribution in [0, 0.1) is 0 Å². The highest BCUT2D eigenvalue weighted by Crippen LogP contribution is 2.15. The zero-order chi connectivity index (χ0) is 20.9. The van der Waals surface area contributed by atoms with Gasteiger partial charge in [-0.05, 0) is 35.7 Å². The Hall–Kier alpha value is -3.65. The number of pyridine rings is 1. The smallest absolute Gasteiger partial charge is 0.257 e. The van der Waals surface area contributed by atoms with Crippen LogP contribution >= 0.6 is 11.3 Å². The third kappa shape index (κ3) is 4.33. The predicted molar refractivity (Wildman–Crippen MR) is 114 cm³/mol. The van der Waals surface area contributed by atoms with Crippen LogP contribution in [-0.4, -0.2) is 28.2 Å². The van der Waals surface area contributed by atoms with E-state index >= 15 is 0 Å². The van der Waals surface area contributed by atoms with Crippen LogP contribution in [-0.2, 0) is 17.9 Å². The third-order valence-corrected chi connectivity index (χ3v) is 5.50. The highest BCUT2D eigenvalue weighted by molar-refractivity contribution is 7.09. The Morgan fingerprint density at radius 2 is 1.93 bits per heavy atom. The van der Waals surface area contributed by atoms with Gasteiger partial charge in [0.05, 0.1) is 25.9 Å². The fraction of sp³-hybridized carbons (Fsp3) is 0.136. The molecule has 1 aromatic carbocycles. The topological polar surface area (TPSA) is 95.4 Å². The molecule has 0 bridgehead atoms. The summed E-state index contributed by atoms with van der Waals surface area (Å²) in [5.74, 6) is -0.216. The summed E-state index contributed by atoms with van der Waals surface area (Å²) in [6, 6.07) is 14.4. The average Bonchev–Trinajstić information content (AvgIpc) is 3.46. The van der Waals surface area contributed by atoms with Gasteiger partial charge in [-0.25, -0.2) is 0 Å². The Kier molecular flexibility index (Phi) is 5.76. The number of amides is 2. The summed E-state index contributed by atoms with van der Waals surface area (Å²) in [5.41, 5.74) is 0.244. The molecule has 0 aliphatic rings. The standard InChI is InChI=1S/C22H19N3O4S/c26-20(25(13-15-5-3-9-29-15)14-16-6-4-10-30-16)12-24-22(28)18-11-23-19-8-2-1-7-17(19)21(18)27/h1-11H,12-14H2,(H,23,27)(H,24,28). The van der Waals surface area contributed by atoms with E-state index in [0.717, 1.165) is 4.88 Å². The molecule has 2 amide bonds. The highest BCUT2D eigenvalue weighted by atomic mass is 32.1. The first-order valence-electron chi connectivity index (χ1n) is 9.33. The number of thiophene rings is 1. The Bertz CT molecular complexity index is 1180. The summed E-state index contributed by atoms with van der Waals surface area (Å²) in [4.78, 5) is 43.5. The number of fused-ring (bicyclic) bond motifs is 1. The molecule has 0 fully saturated rings. The van der Waals surface area contributed by atoms with Gasteiger partial charge in [-0.3, -0.25) is 14.4 Å². The molecule has 0 aliphatic carbocycles. The molecule has 2 N–H and O–H groups in total. The summed E-state index contributed by atoms with van der Waals surface area (Å²) < 4.78 is 5.36. The van der Waals surface area contributed by atoms with Gasteiger partial charge < -0.3 is 19.6 Å². The lowest BCUT2D eigenvalue weighted by molar-refractivity contribution is -0.131. The van der Waals surface area contributed by atoms with Crippen LogP contribution in [0.25, 0.3) is 10.9 Å². The van der Waals surface area contributed by atoms with Crippen LogP contribution in [0.2, 0.25) is 0 Å². The van der Waals surface area contributed by atoms with E-state index in [1.54, 1.807) is 58.9 Å². The molecule has 0 aliphatic heterocycles. The summed E-state index contributed by atoms with van der Waals surface area (Å²) in [5, 5.41) is 4.93. The van der Waals surface area contributed by atoms with Crippen molar-refractivity contribution in [1.82, 2.24) is 15.2 Å². The van der Waals surface area contributed by atoms with E-state index in [-0.39, 0.29) is 30.0 Å². The zero-order valence-electron chi connectivity index (χ0n) is 16.0.